The molecule has 0 spiro atoms. The molecular formula is C7H11NO3. The highest BCUT2D eigenvalue weighted by atomic mass is 16.5. The predicted octanol–water partition coefficient (Wildman–Crippen LogP) is 0.404. The van der Waals surface area contributed by atoms with E-state index in [2.05, 4.69) is 4.74 Å². The fourth-order valence-corrected chi connectivity index (χ4v) is 0.583. The first-order valence-corrected chi connectivity index (χ1v) is 3.31. The van der Waals surface area contributed by atoms with Crippen molar-refractivity contribution in [3.8, 4) is 0 Å². The van der Waals surface area contributed by atoms with Crippen LogP contribution in [0.15, 0.2) is 0 Å². The smallest absolute Gasteiger partial charge is 0.321 e. The van der Waals surface area contributed by atoms with Crippen molar-refractivity contribution in [2.45, 2.75) is 13.8 Å². The zero-order valence-electron chi connectivity index (χ0n) is 6.59. The van der Waals surface area contributed by atoms with Crippen molar-refractivity contribution in [1.29, 1.82) is 5.41 Å². The molecule has 11 heavy (non-hydrogen) atoms. The van der Waals surface area contributed by atoms with Gasteiger partial charge in [0.25, 0.3) is 0 Å². The Morgan fingerprint density at radius 2 is 2.18 bits per heavy atom. The van der Waals surface area contributed by atoms with Crippen molar-refractivity contribution >= 4 is 18.0 Å². The molecule has 0 aliphatic rings. The van der Waals surface area contributed by atoms with Gasteiger partial charge in [0.1, 0.15) is 11.7 Å². The van der Waals surface area contributed by atoms with Crippen molar-refractivity contribution < 1.29 is 14.3 Å². The first-order chi connectivity index (χ1) is 5.13. The van der Waals surface area contributed by atoms with Gasteiger partial charge in [0.15, 0.2) is 0 Å². The average molecular weight is 157 g/mol. The van der Waals surface area contributed by atoms with Gasteiger partial charge in [-0.25, -0.2) is 0 Å². The third-order valence-corrected chi connectivity index (χ3v) is 1.15. The van der Waals surface area contributed by atoms with Crippen LogP contribution in [0.5, 0.6) is 0 Å². The molecule has 1 atom stereocenters. The van der Waals surface area contributed by atoms with Gasteiger partial charge < -0.3 is 10.1 Å². The lowest BCUT2D eigenvalue weighted by Crippen LogP contribution is -2.25. The van der Waals surface area contributed by atoms with Crippen LogP contribution in [0, 0.1) is 11.3 Å². The van der Waals surface area contributed by atoms with Gasteiger partial charge in [-0.3, -0.25) is 9.59 Å². The molecule has 0 aliphatic carbocycles. The summed E-state index contributed by atoms with van der Waals surface area (Å²) < 4.78 is 4.55. The zero-order chi connectivity index (χ0) is 8.85. The molecule has 1 N–H and O–H groups in total. The average Bonchev–Trinajstić information content (AvgIpc) is 1.88. The van der Waals surface area contributed by atoms with Crippen LogP contribution in [0.3, 0.4) is 0 Å². The topological polar surface area (TPSA) is 67.2 Å². The molecule has 0 aromatic carbocycles. The summed E-state index contributed by atoms with van der Waals surface area (Å²) in [7, 11) is 0. The van der Waals surface area contributed by atoms with E-state index in [1.54, 1.807) is 6.92 Å². The maximum absolute atomic E-state index is 10.8. The molecular weight excluding hydrogens is 146 g/mol. The van der Waals surface area contributed by atoms with Crippen molar-refractivity contribution in [1.82, 2.24) is 0 Å². The van der Waals surface area contributed by atoms with E-state index >= 15 is 0 Å². The second-order valence-corrected chi connectivity index (χ2v) is 2.01. The fourth-order valence-electron chi connectivity index (χ4n) is 0.583. The molecule has 0 heterocycles. The van der Waals surface area contributed by atoms with Crippen molar-refractivity contribution in [2.24, 2.45) is 5.92 Å². The number of ether oxygens (including phenoxy) is 1. The number of Topliss-reactive ketones (excluding diaryl/α,β-unsaturated/α-hetero) is 1. The molecule has 0 radical (unpaired) electrons. The van der Waals surface area contributed by atoms with E-state index in [0.717, 1.165) is 6.21 Å². The maximum atomic E-state index is 10.8. The molecule has 4 nitrogen and oxygen atoms in total. The molecule has 0 saturated carbocycles. The summed E-state index contributed by atoms with van der Waals surface area (Å²) >= 11 is 0. The minimum absolute atomic E-state index is 0.233. The number of nitrogens with one attached hydrogen (secondary N) is 1. The largest absolute Gasteiger partial charge is 0.465 e. The Balaban J connectivity index is 4.14. The number of hydrogen-bond acceptors (Lipinski definition) is 4. The Hall–Kier alpha value is -1.19. The molecule has 0 saturated heterocycles. The second kappa shape index (κ2) is 4.60. The third-order valence-electron chi connectivity index (χ3n) is 1.15. The number of ketones is 1. The van der Waals surface area contributed by atoms with E-state index in [4.69, 9.17) is 5.41 Å². The van der Waals surface area contributed by atoms with Gasteiger partial charge >= 0.3 is 5.97 Å². The van der Waals surface area contributed by atoms with Crippen LogP contribution in [0.4, 0.5) is 0 Å². The quantitative estimate of drug-likeness (QED) is 0.365. The number of carbonyl (C=O) groups excluding carboxylic acids is 2. The van der Waals surface area contributed by atoms with Gasteiger partial charge in [-0.05, 0) is 13.8 Å². The van der Waals surface area contributed by atoms with Gasteiger partial charge in [0.2, 0.25) is 0 Å². The molecule has 0 rings (SSSR count). The molecule has 1 unspecified atom stereocenters. The molecule has 62 valence electrons. The SMILES string of the molecule is CCOC(=O)C(C=N)C(C)=O. The van der Waals surface area contributed by atoms with E-state index in [0.29, 0.717) is 0 Å². The van der Waals surface area contributed by atoms with E-state index < -0.39 is 11.9 Å². The third kappa shape index (κ3) is 2.93. The van der Waals surface area contributed by atoms with E-state index in [1.807, 2.05) is 0 Å². The zero-order valence-corrected chi connectivity index (χ0v) is 6.59. The predicted molar refractivity (Wildman–Crippen MR) is 39.6 cm³/mol. The van der Waals surface area contributed by atoms with Crippen LogP contribution < -0.4 is 0 Å². The van der Waals surface area contributed by atoms with Crippen LogP contribution in [0.1, 0.15) is 13.8 Å². The maximum Gasteiger partial charge on any atom is 0.321 e. The van der Waals surface area contributed by atoms with Crippen LogP contribution in [-0.4, -0.2) is 24.6 Å². The Labute approximate surface area is 65.1 Å². The lowest BCUT2D eigenvalue weighted by atomic mass is 10.1. The molecule has 0 bridgehead atoms. The highest BCUT2D eigenvalue weighted by Gasteiger charge is 2.21. The molecule has 4 heteroatoms. The highest BCUT2D eigenvalue weighted by molar-refractivity contribution is 6.10. The van der Waals surface area contributed by atoms with Gasteiger partial charge in [0.05, 0.1) is 6.61 Å². The highest BCUT2D eigenvalue weighted by Crippen LogP contribution is 1.97. The summed E-state index contributed by atoms with van der Waals surface area (Å²) in [5, 5.41) is 6.75. The van der Waals surface area contributed by atoms with Gasteiger partial charge in [-0.15, -0.1) is 0 Å². The molecule has 0 amide bonds. The van der Waals surface area contributed by atoms with Gasteiger partial charge in [-0.1, -0.05) is 0 Å². The summed E-state index contributed by atoms with van der Waals surface area (Å²) in [5.74, 6) is -2.02. The monoisotopic (exact) mass is 157 g/mol. The Morgan fingerprint density at radius 1 is 1.64 bits per heavy atom. The van der Waals surface area contributed by atoms with E-state index in [-0.39, 0.29) is 12.4 Å². The number of carbonyl (C=O) groups is 2. The number of esters is 1. The first-order valence-electron chi connectivity index (χ1n) is 3.31. The molecule has 0 aromatic rings. The van der Waals surface area contributed by atoms with Crippen molar-refractivity contribution in [3.63, 3.8) is 0 Å². The summed E-state index contributed by atoms with van der Waals surface area (Å²) in [4.78, 5) is 21.5. The summed E-state index contributed by atoms with van der Waals surface area (Å²) in [6.45, 7) is 3.14. The van der Waals surface area contributed by atoms with Crippen molar-refractivity contribution in [3.05, 3.63) is 0 Å². The number of rotatable bonds is 4. The molecule has 0 aliphatic heterocycles. The van der Waals surface area contributed by atoms with Crippen LogP contribution in [0.2, 0.25) is 0 Å². The van der Waals surface area contributed by atoms with Crippen LogP contribution in [0.25, 0.3) is 0 Å². The Kier molecular flexibility index (Phi) is 4.10. The van der Waals surface area contributed by atoms with Gasteiger partial charge in [-0.2, -0.15) is 0 Å². The summed E-state index contributed by atoms with van der Waals surface area (Å²) in [5.41, 5.74) is 0. The summed E-state index contributed by atoms with van der Waals surface area (Å²) in [6.07, 6.45) is 0.792. The minimum atomic E-state index is -1.02. The van der Waals surface area contributed by atoms with Gasteiger partial charge in [0, 0.05) is 6.21 Å². The minimum Gasteiger partial charge on any atom is -0.465 e. The first kappa shape index (κ1) is 9.81. The lowest BCUT2D eigenvalue weighted by molar-refractivity contribution is -0.148. The summed E-state index contributed by atoms with van der Waals surface area (Å²) in [6, 6.07) is 0. The van der Waals surface area contributed by atoms with E-state index in [1.165, 1.54) is 6.92 Å². The van der Waals surface area contributed by atoms with Crippen molar-refractivity contribution in [2.75, 3.05) is 6.61 Å². The number of hydrogen-bond donors (Lipinski definition) is 1. The second-order valence-electron chi connectivity index (χ2n) is 2.01. The Morgan fingerprint density at radius 3 is 2.45 bits per heavy atom. The fraction of sp³-hybridized carbons (Fsp3) is 0.571. The Bertz CT molecular complexity index is 177. The van der Waals surface area contributed by atoms with E-state index in [9.17, 15) is 9.59 Å². The van der Waals surface area contributed by atoms with Crippen LogP contribution in [-0.2, 0) is 14.3 Å². The normalized spacial score (nSPS) is 11.8. The molecule has 0 fully saturated rings. The lowest BCUT2D eigenvalue weighted by Gasteiger charge is -2.05. The standard InChI is InChI=1S/C7H11NO3/c1-3-11-7(10)6(4-8)5(2)9/h4,6,8H,3H2,1-2H3. The molecule has 0 aromatic heterocycles. The van der Waals surface area contributed by atoms with Crippen LogP contribution >= 0.6 is 0 Å².